The molecule has 2 aromatic rings. The number of fused-ring (bicyclic) bond motifs is 4. The zero-order chi connectivity index (χ0) is 22.6. The molecule has 3 amide bonds. The minimum Gasteiger partial charge on any atom is -0.478 e. The Morgan fingerprint density at radius 3 is 2.52 bits per heavy atom. The fraction of sp³-hybridized carbons (Fsp3) is 0.0455. The van der Waals surface area contributed by atoms with Gasteiger partial charge in [0.05, 0.1) is 17.1 Å². The smallest absolute Gasteiger partial charge is 0.338 e. The zero-order valence-corrected chi connectivity index (χ0v) is 17.6. The summed E-state index contributed by atoms with van der Waals surface area (Å²) < 4.78 is 13.8. The fourth-order valence-electron chi connectivity index (χ4n) is 4.21. The number of hydrogen-bond acceptors (Lipinski definition) is 5. The van der Waals surface area contributed by atoms with Crippen LogP contribution < -0.4 is 16.1 Å². The number of primary amides is 1. The summed E-state index contributed by atoms with van der Waals surface area (Å²) in [6.45, 7) is 0. The van der Waals surface area contributed by atoms with E-state index in [1.807, 2.05) is 0 Å². The van der Waals surface area contributed by atoms with Crippen molar-refractivity contribution in [3.8, 4) is 0 Å². The van der Waals surface area contributed by atoms with E-state index in [4.69, 9.17) is 5.73 Å². The maximum absolute atomic E-state index is 13.8. The van der Waals surface area contributed by atoms with Crippen LogP contribution in [0.1, 0.15) is 11.1 Å². The van der Waals surface area contributed by atoms with E-state index < -0.39 is 29.9 Å². The van der Waals surface area contributed by atoms with Gasteiger partial charge < -0.3 is 21.1 Å². The van der Waals surface area contributed by atoms with Crippen molar-refractivity contribution in [2.24, 2.45) is 5.73 Å². The molecule has 3 aliphatic rings. The SMILES string of the molecule is Cl.NC(=O)N(c1cccc(F)c1)N1C=CN2C3=C(NC(=O)C21)c1ccccc1C3=CC(=O)O. The van der Waals surface area contributed by atoms with E-state index in [-0.39, 0.29) is 18.1 Å². The molecule has 0 saturated heterocycles. The molecule has 1 atom stereocenters. The maximum Gasteiger partial charge on any atom is 0.338 e. The molecule has 0 aromatic heterocycles. The Morgan fingerprint density at radius 1 is 1.12 bits per heavy atom. The molecular weight excluding hydrogens is 453 g/mol. The predicted molar refractivity (Wildman–Crippen MR) is 119 cm³/mol. The summed E-state index contributed by atoms with van der Waals surface area (Å²) in [5.74, 6) is -2.19. The number of carboxylic acid groups (broad SMARTS) is 1. The van der Waals surface area contributed by atoms with Gasteiger partial charge in [0.15, 0.2) is 0 Å². The molecule has 33 heavy (non-hydrogen) atoms. The van der Waals surface area contributed by atoms with Gasteiger partial charge in [-0.25, -0.2) is 24.0 Å². The Bertz CT molecular complexity index is 1290. The number of nitrogens with one attached hydrogen (secondary N) is 1. The first-order valence-corrected chi connectivity index (χ1v) is 9.57. The third-order valence-corrected chi connectivity index (χ3v) is 5.37. The maximum atomic E-state index is 13.8. The molecule has 2 aliphatic heterocycles. The number of halogens is 2. The van der Waals surface area contributed by atoms with Crippen LogP contribution in [0.2, 0.25) is 0 Å². The summed E-state index contributed by atoms with van der Waals surface area (Å²) in [6.07, 6.45) is 2.99. The summed E-state index contributed by atoms with van der Waals surface area (Å²) in [5.41, 5.74) is 8.40. The van der Waals surface area contributed by atoms with Crippen LogP contribution in [0.15, 0.2) is 72.7 Å². The van der Waals surface area contributed by atoms with Gasteiger partial charge in [0, 0.05) is 29.6 Å². The first kappa shape index (κ1) is 21.9. The molecule has 0 fully saturated rings. The number of amides is 3. The Morgan fingerprint density at radius 2 is 1.85 bits per heavy atom. The first-order valence-electron chi connectivity index (χ1n) is 9.57. The summed E-state index contributed by atoms with van der Waals surface area (Å²) in [6, 6.07) is 11.4. The molecular formula is C22H17ClFN5O4. The van der Waals surface area contributed by atoms with Crippen LogP contribution in [0.4, 0.5) is 14.9 Å². The van der Waals surface area contributed by atoms with Crippen molar-refractivity contribution >= 4 is 47.3 Å². The summed E-state index contributed by atoms with van der Waals surface area (Å²) >= 11 is 0. The van der Waals surface area contributed by atoms with Gasteiger partial charge in [-0.2, -0.15) is 0 Å². The normalized spacial score (nSPS) is 19.0. The second-order valence-electron chi connectivity index (χ2n) is 7.24. The standard InChI is InChI=1S/C22H16FN5O4.ClH/c23-12-4-3-5-13(10-12)28(22(24)32)27-9-8-26-19-16(11-17(29)30)14-6-1-2-7-15(14)18(19)25-20(31)21(26)27;/h1-11,21H,(H2,24,32)(H,25,31)(H,29,30);1H. The number of carbonyl (C=O) groups is 3. The quantitative estimate of drug-likeness (QED) is 0.594. The number of benzene rings is 2. The molecule has 168 valence electrons. The number of carboxylic acids is 1. The molecule has 2 heterocycles. The molecule has 1 aliphatic carbocycles. The molecule has 0 radical (unpaired) electrons. The number of carbonyl (C=O) groups excluding carboxylic acids is 2. The number of hydrazine groups is 1. The van der Waals surface area contributed by atoms with E-state index in [9.17, 15) is 23.9 Å². The molecule has 0 bridgehead atoms. The van der Waals surface area contributed by atoms with Gasteiger partial charge in [-0.05, 0) is 23.8 Å². The Kier molecular flexibility index (Phi) is 5.30. The Labute approximate surface area is 193 Å². The second kappa shape index (κ2) is 7.99. The highest BCUT2D eigenvalue weighted by Gasteiger charge is 2.47. The van der Waals surface area contributed by atoms with Crippen LogP contribution >= 0.6 is 12.4 Å². The molecule has 5 rings (SSSR count). The number of aliphatic carboxylic acids is 1. The third kappa shape index (κ3) is 3.37. The zero-order valence-electron chi connectivity index (χ0n) is 16.8. The summed E-state index contributed by atoms with van der Waals surface area (Å²) in [4.78, 5) is 38.5. The second-order valence-corrected chi connectivity index (χ2v) is 7.24. The highest BCUT2D eigenvalue weighted by atomic mass is 35.5. The molecule has 2 aromatic carbocycles. The van der Waals surface area contributed by atoms with E-state index in [1.165, 1.54) is 29.4 Å². The minimum absolute atomic E-state index is 0. The number of hydrogen-bond donors (Lipinski definition) is 3. The molecule has 0 spiro atoms. The third-order valence-electron chi connectivity index (χ3n) is 5.37. The van der Waals surface area contributed by atoms with Crippen molar-refractivity contribution < 1.29 is 23.9 Å². The average Bonchev–Trinajstić information content (AvgIpc) is 3.29. The van der Waals surface area contributed by atoms with Crippen LogP contribution in [-0.2, 0) is 9.59 Å². The topological polar surface area (TPSA) is 119 Å². The summed E-state index contributed by atoms with van der Waals surface area (Å²) in [5, 5.41) is 14.5. The van der Waals surface area contributed by atoms with Crippen molar-refractivity contribution in [2.45, 2.75) is 6.17 Å². The van der Waals surface area contributed by atoms with Crippen LogP contribution in [-0.4, -0.2) is 39.1 Å². The van der Waals surface area contributed by atoms with Crippen molar-refractivity contribution in [2.75, 3.05) is 5.01 Å². The highest BCUT2D eigenvalue weighted by molar-refractivity contribution is 6.10. The minimum atomic E-state index is -1.14. The average molecular weight is 470 g/mol. The number of anilines is 1. The Hall–Kier alpha value is -4.31. The van der Waals surface area contributed by atoms with Gasteiger partial charge in [-0.15, -0.1) is 12.4 Å². The number of allylic oxidation sites excluding steroid dienone is 1. The number of nitrogens with two attached hydrogens (primary N) is 1. The van der Waals surface area contributed by atoms with Crippen molar-refractivity contribution in [1.29, 1.82) is 0 Å². The number of nitrogens with zero attached hydrogens (tertiary/aromatic N) is 3. The first-order chi connectivity index (χ1) is 15.4. The highest BCUT2D eigenvalue weighted by Crippen LogP contribution is 2.46. The van der Waals surface area contributed by atoms with E-state index in [2.05, 4.69) is 5.32 Å². The lowest BCUT2D eigenvalue weighted by Gasteiger charge is -2.40. The van der Waals surface area contributed by atoms with Crippen LogP contribution in [0.25, 0.3) is 11.3 Å². The predicted octanol–water partition coefficient (Wildman–Crippen LogP) is 2.44. The van der Waals surface area contributed by atoms with Crippen molar-refractivity contribution in [1.82, 2.24) is 15.2 Å². The van der Waals surface area contributed by atoms with Gasteiger partial charge in [-0.3, -0.25) is 4.79 Å². The van der Waals surface area contributed by atoms with E-state index in [0.29, 0.717) is 28.1 Å². The molecule has 9 nitrogen and oxygen atoms in total. The van der Waals surface area contributed by atoms with Gasteiger partial charge in [0.1, 0.15) is 5.82 Å². The van der Waals surface area contributed by atoms with Gasteiger partial charge in [-0.1, -0.05) is 30.3 Å². The lowest BCUT2D eigenvalue weighted by Crippen LogP contribution is -2.60. The van der Waals surface area contributed by atoms with Gasteiger partial charge >= 0.3 is 12.0 Å². The Balaban J connectivity index is 0.00000259. The molecule has 0 saturated carbocycles. The molecule has 1 unspecified atom stereocenters. The van der Waals surface area contributed by atoms with Crippen LogP contribution in [0.3, 0.4) is 0 Å². The van der Waals surface area contributed by atoms with E-state index in [0.717, 1.165) is 17.2 Å². The van der Waals surface area contributed by atoms with E-state index >= 15 is 0 Å². The molecule has 11 heteroatoms. The molecule has 4 N–H and O–H groups in total. The number of urea groups is 1. The fourth-order valence-corrected chi connectivity index (χ4v) is 4.21. The number of rotatable bonds is 3. The summed E-state index contributed by atoms with van der Waals surface area (Å²) in [7, 11) is 0. The lowest BCUT2D eigenvalue weighted by atomic mass is 10.0. The van der Waals surface area contributed by atoms with Gasteiger partial charge in [0.25, 0.3) is 5.91 Å². The van der Waals surface area contributed by atoms with Crippen LogP contribution in [0, 0.1) is 5.82 Å². The van der Waals surface area contributed by atoms with Crippen LogP contribution in [0.5, 0.6) is 0 Å². The van der Waals surface area contributed by atoms with E-state index in [1.54, 1.807) is 35.4 Å². The van der Waals surface area contributed by atoms with Crippen molar-refractivity contribution in [3.63, 3.8) is 0 Å². The van der Waals surface area contributed by atoms with Crippen molar-refractivity contribution in [3.05, 3.63) is 89.6 Å². The largest absolute Gasteiger partial charge is 0.478 e. The van der Waals surface area contributed by atoms with Gasteiger partial charge in [0.2, 0.25) is 6.17 Å². The lowest BCUT2D eigenvalue weighted by molar-refractivity contribution is -0.131. The monoisotopic (exact) mass is 469 g/mol.